The van der Waals surface area contributed by atoms with Crippen LogP contribution in [0.15, 0.2) is 206 Å². The third kappa shape index (κ3) is 4.90. The van der Waals surface area contributed by atoms with E-state index in [2.05, 4.69) is 213 Å². The van der Waals surface area contributed by atoms with Crippen LogP contribution >= 0.6 is 0 Å². The highest BCUT2D eigenvalue weighted by Crippen LogP contribution is 2.66. The van der Waals surface area contributed by atoms with Gasteiger partial charge >= 0.3 is 0 Å². The summed E-state index contributed by atoms with van der Waals surface area (Å²) in [5, 5.41) is 4.84. The van der Waals surface area contributed by atoms with Gasteiger partial charge in [-0.3, -0.25) is 0 Å². The Labute approximate surface area is 349 Å². The van der Waals surface area contributed by atoms with Crippen LogP contribution in [0, 0.1) is 0 Å². The standard InChI is InChI=1S/C57H39NO2/c1-3-13-48-36(2)45-18-8-10-21-49(45)57(48)50-22-11-9-19-47(50)54-51(57)32-33-53-56(54)60-55-46(20-12-23-52(55)59-53)39-26-28-42(29-27-39)58(43-30-24-37-14-4-6-16-40(37)34-43)44-31-25-38-15-5-7-17-41(38)35-44/h3-35H,1-2H3/b13-3-. The Balaban J connectivity index is 0.976. The minimum absolute atomic E-state index is 0.463. The second kappa shape index (κ2) is 13.2. The molecule has 0 aromatic heterocycles. The molecule has 9 aromatic rings. The van der Waals surface area contributed by atoms with Crippen LogP contribution in [0.4, 0.5) is 17.1 Å². The summed E-state index contributed by atoms with van der Waals surface area (Å²) in [6.45, 7) is 4.37. The Morgan fingerprint density at radius 2 is 1.02 bits per heavy atom. The maximum Gasteiger partial charge on any atom is 0.178 e. The zero-order valence-electron chi connectivity index (χ0n) is 33.3. The second-order valence-electron chi connectivity index (χ2n) is 16.0. The Morgan fingerprint density at radius 1 is 0.450 bits per heavy atom. The monoisotopic (exact) mass is 769 g/mol. The van der Waals surface area contributed by atoms with E-state index < -0.39 is 5.41 Å². The molecule has 3 nitrogen and oxygen atoms in total. The normalized spacial score (nSPS) is 15.7. The Hall–Kier alpha value is -7.62. The first kappa shape index (κ1) is 34.4. The molecule has 0 radical (unpaired) electrons. The molecule has 284 valence electrons. The number of nitrogens with zero attached hydrogens (tertiary/aromatic N) is 1. The van der Waals surface area contributed by atoms with E-state index in [0.29, 0.717) is 5.75 Å². The number of rotatable bonds is 5. The van der Waals surface area contributed by atoms with Gasteiger partial charge in [0, 0.05) is 28.2 Å². The molecule has 0 saturated heterocycles. The maximum absolute atomic E-state index is 7.20. The van der Waals surface area contributed by atoms with Crippen molar-refractivity contribution in [2.45, 2.75) is 19.3 Å². The summed E-state index contributed by atoms with van der Waals surface area (Å²) in [6.07, 6.45) is 4.47. The van der Waals surface area contributed by atoms with E-state index in [0.717, 1.165) is 51.0 Å². The average Bonchev–Trinajstić information content (AvgIpc) is 3.74. The molecule has 1 aliphatic heterocycles. The molecule has 1 spiro atoms. The van der Waals surface area contributed by atoms with Crippen LogP contribution in [0.3, 0.4) is 0 Å². The van der Waals surface area contributed by atoms with Gasteiger partial charge in [0.2, 0.25) is 0 Å². The fraction of sp³-hybridized carbons (Fsp3) is 0.0526. The van der Waals surface area contributed by atoms with Gasteiger partial charge in [-0.25, -0.2) is 0 Å². The summed E-state index contributed by atoms with van der Waals surface area (Å²) in [7, 11) is 0. The van der Waals surface area contributed by atoms with Crippen molar-refractivity contribution in [3.8, 4) is 45.3 Å². The van der Waals surface area contributed by atoms with Gasteiger partial charge in [0.1, 0.15) is 0 Å². The molecule has 60 heavy (non-hydrogen) atoms. The van der Waals surface area contributed by atoms with Gasteiger partial charge in [-0.15, -0.1) is 0 Å². The Morgan fingerprint density at radius 3 is 1.70 bits per heavy atom. The number of para-hydroxylation sites is 1. The number of allylic oxidation sites excluding steroid dienone is 4. The van der Waals surface area contributed by atoms with Gasteiger partial charge in [0.15, 0.2) is 23.0 Å². The lowest BCUT2D eigenvalue weighted by atomic mass is 9.69. The van der Waals surface area contributed by atoms with Crippen LogP contribution in [0.5, 0.6) is 23.0 Å². The molecule has 1 unspecified atom stereocenters. The van der Waals surface area contributed by atoms with Crippen molar-refractivity contribution < 1.29 is 9.47 Å². The topological polar surface area (TPSA) is 21.7 Å². The lowest BCUT2D eigenvalue weighted by Gasteiger charge is -2.32. The second-order valence-corrected chi connectivity index (χ2v) is 16.0. The number of benzene rings is 9. The zero-order valence-corrected chi connectivity index (χ0v) is 33.3. The molecule has 9 aromatic carbocycles. The van der Waals surface area contributed by atoms with Crippen molar-refractivity contribution in [2.75, 3.05) is 4.90 Å². The van der Waals surface area contributed by atoms with Gasteiger partial charge in [-0.05, 0) is 128 Å². The summed E-state index contributed by atoms with van der Waals surface area (Å²) in [4.78, 5) is 2.34. The zero-order chi connectivity index (χ0) is 40.0. The molecule has 2 aliphatic carbocycles. The van der Waals surface area contributed by atoms with Gasteiger partial charge in [-0.2, -0.15) is 0 Å². The maximum atomic E-state index is 7.20. The van der Waals surface area contributed by atoms with E-state index in [1.165, 1.54) is 60.5 Å². The third-order valence-electron chi connectivity index (χ3n) is 12.8. The van der Waals surface area contributed by atoms with E-state index in [9.17, 15) is 0 Å². The molecular formula is C57H39NO2. The van der Waals surface area contributed by atoms with Crippen LogP contribution in [0.25, 0.3) is 49.4 Å². The summed E-state index contributed by atoms with van der Waals surface area (Å²) in [6, 6.07) is 67.6. The quantitative estimate of drug-likeness (QED) is 0.174. The molecule has 3 heteroatoms. The number of ether oxygens (including phenoxy) is 2. The van der Waals surface area contributed by atoms with Gasteiger partial charge in [0.05, 0.1) is 5.41 Å². The van der Waals surface area contributed by atoms with Crippen molar-refractivity contribution >= 4 is 44.2 Å². The number of hydrogen-bond donors (Lipinski definition) is 0. The highest BCUT2D eigenvalue weighted by atomic mass is 16.6. The minimum Gasteiger partial charge on any atom is -0.449 e. The predicted molar refractivity (Wildman–Crippen MR) is 247 cm³/mol. The summed E-state index contributed by atoms with van der Waals surface area (Å²) in [5.74, 6) is 2.91. The molecular weight excluding hydrogens is 731 g/mol. The molecule has 0 amide bonds. The lowest BCUT2D eigenvalue weighted by molar-refractivity contribution is 0.361. The first-order chi connectivity index (χ1) is 29.6. The van der Waals surface area contributed by atoms with Gasteiger partial charge in [0.25, 0.3) is 0 Å². The van der Waals surface area contributed by atoms with Crippen LogP contribution in [0.1, 0.15) is 36.1 Å². The third-order valence-corrected chi connectivity index (χ3v) is 12.8. The minimum atomic E-state index is -0.463. The van der Waals surface area contributed by atoms with Crippen molar-refractivity contribution in [3.05, 3.63) is 228 Å². The van der Waals surface area contributed by atoms with E-state index in [1.54, 1.807) is 0 Å². The fourth-order valence-corrected chi connectivity index (χ4v) is 10.2. The van der Waals surface area contributed by atoms with Gasteiger partial charge in [-0.1, -0.05) is 152 Å². The lowest BCUT2D eigenvalue weighted by Crippen LogP contribution is -2.26. The van der Waals surface area contributed by atoms with Crippen LogP contribution in [-0.4, -0.2) is 0 Å². The SMILES string of the molecule is C/C=C\C1=C(C)c2ccccc2C12c1ccccc1-c1c2ccc2c1Oc1c(cccc1-c1ccc(N(c3ccc4ccccc4c3)c3ccc4ccccc4c3)cc1)O2. The number of anilines is 3. The van der Waals surface area contributed by atoms with Crippen LogP contribution in [-0.2, 0) is 5.41 Å². The highest BCUT2D eigenvalue weighted by molar-refractivity contribution is 5.99. The van der Waals surface area contributed by atoms with Crippen LogP contribution in [0.2, 0.25) is 0 Å². The van der Waals surface area contributed by atoms with Crippen LogP contribution < -0.4 is 14.4 Å². The summed E-state index contributed by atoms with van der Waals surface area (Å²) < 4.78 is 14.0. The molecule has 0 saturated carbocycles. The fourth-order valence-electron chi connectivity index (χ4n) is 10.2. The molecule has 12 rings (SSSR count). The Bertz CT molecular complexity index is 3220. The van der Waals surface area contributed by atoms with Crippen molar-refractivity contribution in [2.24, 2.45) is 0 Å². The molecule has 0 fully saturated rings. The van der Waals surface area contributed by atoms with Gasteiger partial charge < -0.3 is 14.4 Å². The number of fused-ring (bicyclic) bond motifs is 12. The van der Waals surface area contributed by atoms with E-state index in [4.69, 9.17) is 9.47 Å². The molecule has 0 bridgehead atoms. The first-order valence-corrected chi connectivity index (χ1v) is 20.7. The molecule has 1 atom stereocenters. The smallest absolute Gasteiger partial charge is 0.178 e. The molecule has 0 N–H and O–H groups in total. The summed E-state index contributed by atoms with van der Waals surface area (Å²) >= 11 is 0. The average molecular weight is 770 g/mol. The van der Waals surface area contributed by atoms with E-state index >= 15 is 0 Å². The number of hydrogen-bond acceptors (Lipinski definition) is 3. The van der Waals surface area contributed by atoms with Crippen molar-refractivity contribution in [1.82, 2.24) is 0 Å². The first-order valence-electron chi connectivity index (χ1n) is 20.7. The van der Waals surface area contributed by atoms with E-state index in [-0.39, 0.29) is 0 Å². The van der Waals surface area contributed by atoms with E-state index in [1.807, 2.05) is 6.07 Å². The molecule has 1 heterocycles. The summed E-state index contributed by atoms with van der Waals surface area (Å²) in [5.41, 5.74) is 14.8. The van der Waals surface area contributed by atoms with Crippen molar-refractivity contribution in [3.63, 3.8) is 0 Å². The molecule has 3 aliphatic rings. The largest absolute Gasteiger partial charge is 0.449 e. The van der Waals surface area contributed by atoms with Crippen molar-refractivity contribution in [1.29, 1.82) is 0 Å². The highest BCUT2D eigenvalue weighted by Gasteiger charge is 2.53. The Kier molecular flexibility index (Phi) is 7.58. The predicted octanol–water partition coefficient (Wildman–Crippen LogP) is 15.7.